The van der Waals surface area contributed by atoms with E-state index in [0.29, 0.717) is 24.4 Å². The van der Waals surface area contributed by atoms with Gasteiger partial charge >= 0.3 is 0 Å². The van der Waals surface area contributed by atoms with Crippen LogP contribution in [-0.4, -0.2) is 57.6 Å². The summed E-state index contributed by atoms with van der Waals surface area (Å²) < 4.78 is 32.0. The van der Waals surface area contributed by atoms with Crippen molar-refractivity contribution in [2.24, 2.45) is 5.92 Å². The van der Waals surface area contributed by atoms with E-state index < -0.39 is 28.5 Å². The lowest BCUT2D eigenvalue weighted by atomic mass is 10.1. The number of para-hydroxylation sites is 1. The average Bonchev–Trinajstić information content (AvgIpc) is 2.81. The summed E-state index contributed by atoms with van der Waals surface area (Å²) in [5.74, 6) is 0.218. The lowest BCUT2D eigenvalue weighted by Gasteiger charge is -2.33. The number of hydrogen-bond donors (Lipinski definition) is 1. The summed E-state index contributed by atoms with van der Waals surface area (Å²) in [6, 6.07) is 12.0. The number of amides is 2. The molecule has 2 aromatic carbocycles. The van der Waals surface area contributed by atoms with Crippen LogP contribution in [-0.2, 0) is 26.2 Å². The van der Waals surface area contributed by atoms with E-state index in [9.17, 15) is 18.0 Å². The molecule has 0 saturated heterocycles. The third-order valence-electron chi connectivity index (χ3n) is 5.95. The molecule has 0 fully saturated rings. The van der Waals surface area contributed by atoms with Crippen molar-refractivity contribution in [3.8, 4) is 5.75 Å². The van der Waals surface area contributed by atoms with Crippen LogP contribution in [0.15, 0.2) is 42.5 Å². The number of anilines is 1. The number of ether oxygens (including phenoxy) is 1. The monoisotopic (exact) mass is 517 g/mol. The van der Waals surface area contributed by atoms with Gasteiger partial charge in [0.2, 0.25) is 21.8 Å². The first-order valence-electron chi connectivity index (χ1n) is 12.1. The fraction of sp³-hybridized carbons (Fsp3) is 0.481. The van der Waals surface area contributed by atoms with Gasteiger partial charge in [0, 0.05) is 13.1 Å². The highest BCUT2D eigenvalue weighted by Crippen LogP contribution is 2.27. The number of rotatable bonds is 12. The Balaban J connectivity index is 2.47. The molecule has 198 valence electrons. The molecule has 1 unspecified atom stereocenters. The Morgan fingerprint density at radius 2 is 1.61 bits per heavy atom. The zero-order valence-corrected chi connectivity index (χ0v) is 23.2. The normalized spacial score (nSPS) is 12.2. The Labute approximate surface area is 215 Å². The van der Waals surface area contributed by atoms with Crippen molar-refractivity contribution in [1.29, 1.82) is 0 Å². The van der Waals surface area contributed by atoms with Crippen molar-refractivity contribution < 1.29 is 22.7 Å². The van der Waals surface area contributed by atoms with Crippen molar-refractivity contribution in [3.63, 3.8) is 0 Å². The first-order valence-corrected chi connectivity index (χ1v) is 14.0. The Bertz CT molecular complexity index is 1130. The number of nitrogens with one attached hydrogen (secondary N) is 1. The minimum absolute atomic E-state index is 0.154. The second-order valence-electron chi connectivity index (χ2n) is 9.44. The molecular weight excluding hydrogens is 478 g/mol. The zero-order valence-electron chi connectivity index (χ0n) is 22.4. The summed E-state index contributed by atoms with van der Waals surface area (Å²) in [5, 5.41) is 2.92. The molecule has 0 spiro atoms. The highest BCUT2D eigenvalue weighted by atomic mass is 32.2. The lowest BCUT2D eigenvalue weighted by molar-refractivity contribution is -0.140. The first-order chi connectivity index (χ1) is 16.9. The van der Waals surface area contributed by atoms with E-state index in [4.69, 9.17) is 4.74 Å². The van der Waals surface area contributed by atoms with Crippen molar-refractivity contribution >= 4 is 27.5 Å². The van der Waals surface area contributed by atoms with Crippen LogP contribution in [0.4, 0.5) is 5.69 Å². The molecule has 9 heteroatoms. The van der Waals surface area contributed by atoms with Gasteiger partial charge in [0.15, 0.2) is 0 Å². The third-order valence-corrected chi connectivity index (χ3v) is 7.06. The fourth-order valence-electron chi connectivity index (χ4n) is 4.04. The molecule has 0 saturated carbocycles. The number of aryl methyl sites for hydroxylation is 2. The van der Waals surface area contributed by atoms with Gasteiger partial charge in [-0.15, -0.1) is 0 Å². The van der Waals surface area contributed by atoms with E-state index in [1.54, 1.807) is 19.2 Å². The van der Waals surface area contributed by atoms with E-state index in [0.717, 1.165) is 27.3 Å². The number of nitrogens with zero attached hydrogens (tertiary/aromatic N) is 2. The van der Waals surface area contributed by atoms with Crippen LogP contribution in [0, 0.1) is 19.8 Å². The molecule has 0 aromatic heterocycles. The van der Waals surface area contributed by atoms with Crippen LogP contribution in [0.3, 0.4) is 0 Å². The number of benzene rings is 2. The summed E-state index contributed by atoms with van der Waals surface area (Å²) in [7, 11) is -2.21. The molecule has 1 atom stereocenters. The average molecular weight is 518 g/mol. The molecule has 0 aliphatic heterocycles. The van der Waals surface area contributed by atoms with Gasteiger partial charge in [0.1, 0.15) is 18.3 Å². The second kappa shape index (κ2) is 12.8. The molecule has 0 radical (unpaired) electrons. The maximum absolute atomic E-state index is 13.8. The van der Waals surface area contributed by atoms with Crippen molar-refractivity contribution in [2.75, 3.05) is 30.8 Å². The molecule has 0 aliphatic rings. The largest absolute Gasteiger partial charge is 0.497 e. The third kappa shape index (κ3) is 7.71. The fourth-order valence-corrected chi connectivity index (χ4v) is 5.01. The Morgan fingerprint density at radius 3 is 2.08 bits per heavy atom. The van der Waals surface area contributed by atoms with Crippen LogP contribution in [0.5, 0.6) is 5.75 Å². The smallest absolute Gasteiger partial charge is 0.244 e. The van der Waals surface area contributed by atoms with Crippen molar-refractivity contribution in [2.45, 2.75) is 53.6 Å². The summed E-state index contributed by atoms with van der Waals surface area (Å²) in [6.07, 6.45) is 1.47. The summed E-state index contributed by atoms with van der Waals surface area (Å²) in [5.41, 5.74) is 2.78. The zero-order chi connectivity index (χ0) is 27.0. The standard InChI is InChI=1S/C27H39N3O5S/c1-8-24(27(32)28-16-19(2)3)29(17-22-12-14-23(35-6)15-13-22)25(31)18-30(36(7,33)34)26-20(4)10-9-11-21(26)5/h9-15,19,24H,8,16-18H2,1-7H3,(H,28,32). The Morgan fingerprint density at radius 1 is 1.03 bits per heavy atom. The predicted octanol–water partition coefficient (Wildman–Crippen LogP) is 3.66. The van der Waals surface area contributed by atoms with Gasteiger partial charge in [-0.3, -0.25) is 13.9 Å². The number of carbonyl (C=O) groups excluding carboxylic acids is 2. The molecule has 0 aliphatic carbocycles. The van der Waals surface area contributed by atoms with Gasteiger partial charge in [-0.1, -0.05) is 51.1 Å². The topological polar surface area (TPSA) is 96.0 Å². The molecule has 2 rings (SSSR count). The van der Waals surface area contributed by atoms with E-state index in [1.807, 2.05) is 65.0 Å². The van der Waals surface area contributed by atoms with Crippen LogP contribution < -0.4 is 14.4 Å². The van der Waals surface area contributed by atoms with Crippen LogP contribution in [0.25, 0.3) is 0 Å². The molecule has 0 heterocycles. The minimum Gasteiger partial charge on any atom is -0.497 e. The maximum Gasteiger partial charge on any atom is 0.244 e. The Hall–Kier alpha value is -3.07. The number of hydrogen-bond acceptors (Lipinski definition) is 5. The summed E-state index contributed by atoms with van der Waals surface area (Å²) in [6.45, 7) is 9.69. The molecular formula is C27H39N3O5S. The molecule has 2 aromatic rings. The van der Waals surface area contributed by atoms with Gasteiger partial charge in [0.05, 0.1) is 19.1 Å². The predicted molar refractivity (Wildman–Crippen MR) is 144 cm³/mol. The van der Waals surface area contributed by atoms with Crippen LogP contribution in [0.2, 0.25) is 0 Å². The number of sulfonamides is 1. The number of methoxy groups -OCH3 is 1. The van der Waals surface area contributed by atoms with Gasteiger partial charge < -0.3 is 15.0 Å². The van der Waals surface area contributed by atoms with Crippen LogP contribution in [0.1, 0.15) is 43.9 Å². The maximum atomic E-state index is 13.8. The van der Waals surface area contributed by atoms with E-state index in [2.05, 4.69) is 5.32 Å². The quantitative estimate of drug-likeness (QED) is 0.464. The highest BCUT2D eigenvalue weighted by Gasteiger charge is 2.32. The first kappa shape index (κ1) is 29.2. The molecule has 8 nitrogen and oxygen atoms in total. The van der Waals surface area contributed by atoms with Gasteiger partial charge in [-0.25, -0.2) is 8.42 Å². The second-order valence-corrected chi connectivity index (χ2v) is 11.3. The molecule has 2 amide bonds. The highest BCUT2D eigenvalue weighted by molar-refractivity contribution is 7.92. The Kier molecular flexibility index (Phi) is 10.3. The van der Waals surface area contributed by atoms with Crippen molar-refractivity contribution in [3.05, 3.63) is 59.2 Å². The molecule has 36 heavy (non-hydrogen) atoms. The van der Waals surface area contributed by atoms with Gasteiger partial charge in [0.25, 0.3) is 0 Å². The molecule has 0 bridgehead atoms. The van der Waals surface area contributed by atoms with E-state index in [-0.39, 0.29) is 18.4 Å². The number of carbonyl (C=O) groups is 2. The van der Waals surface area contributed by atoms with E-state index >= 15 is 0 Å². The SMILES string of the molecule is CCC(C(=O)NCC(C)C)N(Cc1ccc(OC)cc1)C(=O)CN(c1c(C)cccc1C)S(C)(=O)=O. The van der Waals surface area contributed by atoms with E-state index in [1.165, 1.54) is 4.90 Å². The summed E-state index contributed by atoms with van der Waals surface area (Å²) in [4.78, 5) is 28.4. The lowest BCUT2D eigenvalue weighted by Crippen LogP contribution is -2.52. The van der Waals surface area contributed by atoms with Crippen LogP contribution >= 0.6 is 0 Å². The minimum atomic E-state index is -3.78. The van der Waals surface area contributed by atoms with Crippen molar-refractivity contribution in [1.82, 2.24) is 10.2 Å². The van der Waals surface area contributed by atoms with Gasteiger partial charge in [-0.2, -0.15) is 0 Å². The summed E-state index contributed by atoms with van der Waals surface area (Å²) >= 11 is 0. The van der Waals surface area contributed by atoms with Gasteiger partial charge in [-0.05, 0) is 55.0 Å². The molecule has 1 N–H and O–H groups in total.